The van der Waals surface area contributed by atoms with Crippen molar-refractivity contribution < 1.29 is 14.7 Å². The first-order valence-corrected chi connectivity index (χ1v) is 12.7. The number of amides is 2. The maximum absolute atomic E-state index is 13.7. The summed E-state index contributed by atoms with van der Waals surface area (Å²) in [6.07, 6.45) is 4.28. The number of aliphatic hydroxyl groups is 1. The van der Waals surface area contributed by atoms with Gasteiger partial charge >= 0.3 is 0 Å². The number of hydrogen-bond acceptors (Lipinski definition) is 6. The highest BCUT2D eigenvalue weighted by molar-refractivity contribution is 6.06. The predicted molar refractivity (Wildman–Crippen MR) is 137 cm³/mol. The molecule has 0 spiro atoms. The van der Waals surface area contributed by atoms with Crippen LogP contribution in [0.1, 0.15) is 54.1 Å². The first-order chi connectivity index (χ1) is 16.8. The summed E-state index contributed by atoms with van der Waals surface area (Å²) in [6, 6.07) is 8.03. The van der Waals surface area contributed by atoms with E-state index in [0.29, 0.717) is 37.3 Å². The van der Waals surface area contributed by atoms with E-state index in [-0.39, 0.29) is 17.9 Å². The molecule has 5 rings (SSSR count). The third-order valence-corrected chi connectivity index (χ3v) is 7.57. The first kappa shape index (κ1) is 23.6. The molecule has 2 aromatic rings. The number of rotatable bonds is 4. The van der Waals surface area contributed by atoms with Crippen LogP contribution in [0.15, 0.2) is 30.5 Å². The number of anilines is 3. The third-order valence-electron chi connectivity index (χ3n) is 7.57. The fourth-order valence-corrected chi connectivity index (χ4v) is 5.71. The van der Waals surface area contributed by atoms with Crippen molar-refractivity contribution in [2.45, 2.75) is 58.7 Å². The Morgan fingerprint density at radius 3 is 2.46 bits per heavy atom. The van der Waals surface area contributed by atoms with Crippen LogP contribution in [0.4, 0.5) is 17.2 Å². The summed E-state index contributed by atoms with van der Waals surface area (Å²) in [5.41, 5.74) is 4.37. The van der Waals surface area contributed by atoms with Crippen LogP contribution < -0.4 is 14.7 Å². The zero-order chi connectivity index (χ0) is 24.7. The Labute approximate surface area is 207 Å². The lowest BCUT2D eigenvalue weighted by atomic mass is 10.1. The summed E-state index contributed by atoms with van der Waals surface area (Å²) in [5.74, 6) is 0.986. The van der Waals surface area contributed by atoms with Gasteiger partial charge in [0.1, 0.15) is 12.0 Å². The molecule has 2 atom stereocenters. The smallest absolute Gasteiger partial charge is 0.256 e. The summed E-state index contributed by atoms with van der Waals surface area (Å²) in [7, 11) is 0. The van der Waals surface area contributed by atoms with Gasteiger partial charge in [0, 0.05) is 57.1 Å². The standard InChI is InChI=1S/C27H35N5O3/c1-18-15-19(2)26(28-17-18)29-11-13-30(14-12-29)27(35)22-8-7-21(32-20(3)6-9-25(32)34)16-23(22)31-10-4-5-24(31)33/h7-8,15-17,20,25,34H,4-6,9-14H2,1-3H3. The van der Waals surface area contributed by atoms with E-state index < -0.39 is 6.23 Å². The minimum absolute atomic E-state index is 0.0468. The highest BCUT2D eigenvalue weighted by Gasteiger charge is 2.33. The largest absolute Gasteiger partial charge is 0.374 e. The number of aliphatic hydroxyl groups excluding tert-OH is 1. The molecule has 2 unspecified atom stereocenters. The molecule has 0 bridgehead atoms. The lowest BCUT2D eigenvalue weighted by Gasteiger charge is -2.37. The Hall–Kier alpha value is -3.13. The van der Waals surface area contributed by atoms with Crippen LogP contribution >= 0.6 is 0 Å². The van der Waals surface area contributed by atoms with Crippen molar-refractivity contribution in [3.63, 3.8) is 0 Å². The maximum atomic E-state index is 13.7. The Morgan fingerprint density at radius 2 is 1.83 bits per heavy atom. The van der Waals surface area contributed by atoms with Crippen LogP contribution in [0, 0.1) is 13.8 Å². The maximum Gasteiger partial charge on any atom is 0.256 e. The van der Waals surface area contributed by atoms with Crippen LogP contribution in [0.3, 0.4) is 0 Å². The normalized spacial score (nSPS) is 22.9. The van der Waals surface area contributed by atoms with E-state index >= 15 is 0 Å². The molecule has 1 N–H and O–H groups in total. The van der Waals surface area contributed by atoms with E-state index in [1.807, 2.05) is 41.1 Å². The lowest BCUT2D eigenvalue weighted by molar-refractivity contribution is -0.117. The van der Waals surface area contributed by atoms with Gasteiger partial charge in [-0.3, -0.25) is 9.59 Å². The van der Waals surface area contributed by atoms with Crippen LogP contribution in [0.5, 0.6) is 0 Å². The van der Waals surface area contributed by atoms with Gasteiger partial charge in [0.15, 0.2) is 0 Å². The second-order valence-corrected chi connectivity index (χ2v) is 10.1. The van der Waals surface area contributed by atoms with Crippen molar-refractivity contribution in [3.8, 4) is 0 Å². The van der Waals surface area contributed by atoms with Crippen molar-refractivity contribution in [1.29, 1.82) is 0 Å². The molecule has 2 amide bonds. The molecular formula is C27H35N5O3. The van der Waals surface area contributed by atoms with Gasteiger partial charge in [0.25, 0.3) is 5.91 Å². The summed E-state index contributed by atoms with van der Waals surface area (Å²) in [6.45, 7) is 9.47. The number of benzene rings is 1. The van der Waals surface area contributed by atoms with Gasteiger partial charge in [-0.1, -0.05) is 6.07 Å². The Kier molecular flexibility index (Phi) is 6.40. The van der Waals surface area contributed by atoms with E-state index in [4.69, 9.17) is 0 Å². The van der Waals surface area contributed by atoms with E-state index in [2.05, 4.69) is 29.8 Å². The zero-order valence-electron chi connectivity index (χ0n) is 20.9. The quantitative estimate of drug-likeness (QED) is 0.729. The first-order valence-electron chi connectivity index (χ1n) is 12.7. The highest BCUT2D eigenvalue weighted by Crippen LogP contribution is 2.35. The average molecular weight is 478 g/mol. The summed E-state index contributed by atoms with van der Waals surface area (Å²) < 4.78 is 0. The van der Waals surface area contributed by atoms with Crippen LogP contribution in [-0.2, 0) is 4.79 Å². The average Bonchev–Trinajstić information content (AvgIpc) is 3.42. The van der Waals surface area contributed by atoms with Gasteiger partial charge in [-0.15, -0.1) is 0 Å². The molecule has 1 aromatic heterocycles. The van der Waals surface area contributed by atoms with Gasteiger partial charge in [-0.05, 0) is 69.4 Å². The number of piperazine rings is 1. The van der Waals surface area contributed by atoms with Crippen LogP contribution in [0.2, 0.25) is 0 Å². The van der Waals surface area contributed by atoms with Crippen molar-refractivity contribution in [1.82, 2.24) is 9.88 Å². The third kappa shape index (κ3) is 4.47. The second-order valence-electron chi connectivity index (χ2n) is 10.1. The topological polar surface area (TPSA) is 80.2 Å². The molecule has 3 saturated heterocycles. The monoisotopic (exact) mass is 477 g/mol. The minimum Gasteiger partial charge on any atom is -0.374 e. The molecule has 8 nitrogen and oxygen atoms in total. The number of pyridine rings is 1. The molecule has 0 saturated carbocycles. The number of aryl methyl sites for hydroxylation is 2. The number of hydrogen-bond donors (Lipinski definition) is 1. The van der Waals surface area contributed by atoms with E-state index in [1.165, 1.54) is 0 Å². The van der Waals surface area contributed by atoms with E-state index in [9.17, 15) is 14.7 Å². The number of nitrogens with zero attached hydrogens (tertiary/aromatic N) is 5. The summed E-state index contributed by atoms with van der Waals surface area (Å²) in [5, 5.41) is 10.5. The Balaban J connectivity index is 1.38. The highest BCUT2D eigenvalue weighted by atomic mass is 16.3. The Morgan fingerprint density at radius 1 is 1.06 bits per heavy atom. The molecule has 3 aliphatic heterocycles. The molecule has 4 heterocycles. The molecule has 0 radical (unpaired) electrons. The fourth-order valence-electron chi connectivity index (χ4n) is 5.71. The molecule has 3 fully saturated rings. The van der Waals surface area contributed by atoms with Crippen molar-refractivity contribution in [3.05, 3.63) is 47.2 Å². The molecular weight excluding hydrogens is 442 g/mol. The molecule has 8 heteroatoms. The lowest BCUT2D eigenvalue weighted by Crippen LogP contribution is -2.49. The van der Waals surface area contributed by atoms with Crippen LogP contribution in [-0.4, -0.2) is 71.8 Å². The summed E-state index contributed by atoms with van der Waals surface area (Å²) >= 11 is 0. The van der Waals surface area contributed by atoms with Crippen LogP contribution in [0.25, 0.3) is 0 Å². The molecule has 3 aliphatic rings. The van der Waals surface area contributed by atoms with Gasteiger partial charge in [-0.2, -0.15) is 0 Å². The SMILES string of the molecule is Cc1cnc(N2CCN(C(=O)c3ccc(N4C(C)CCC4O)cc3N3CCCC3=O)CC2)c(C)c1. The molecule has 1 aromatic carbocycles. The molecule has 186 valence electrons. The summed E-state index contributed by atoms with van der Waals surface area (Å²) in [4.78, 5) is 38.8. The molecule has 35 heavy (non-hydrogen) atoms. The minimum atomic E-state index is -0.541. The second kappa shape index (κ2) is 9.49. The van der Waals surface area contributed by atoms with Crippen molar-refractivity contribution >= 4 is 29.0 Å². The van der Waals surface area contributed by atoms with Gasteiger partial charge in [-0.25, -0.2) is 4.98 Å². The Bertz CT molecular complexity index is 1120. The fraction of sp³-hybridized carbons (Fsp3) is 0.519. The van der Waals surface area contributed by atoms with E-state index in [1.54, 1.807) is 4.90 Å². The number of aromatic nitrogens is 1. The predicted octanol–water partition coefficient (Wildman–Crippen LogP) is 3.09. The molecule has 0 aliphatic carbocycles. The number of carbonyl (C=O) groups excluding carboxylic acids is 2. The van der Waals surface area contributed by atoms with Gasteiger partial charge in [0.2, 0.25) is 5.91 Å². The zero-order valence-corrected chi connectivity index (χ0v) is 20.9. The van der Waals surface area contributed by atoms with Gasteiger partial charge < -0.3 is 24.7 Å². The van der Waals surface area contributed by atoms with Crippen molar-refractivity contribution in [2.24, 2.45) is 0 Å². The van der Waals surface area contributed by atoms with E-state index in [0.717, 1.165) is 55.0 Å². The van der Waals surface area contributed by atoms with Crippen molar-refractivity contribution in [2.75, 3.05) is 47.4 Å². The van der Waals surface area contributed by atoms with Gasteiger partial charge in [0.05, 0.1) is 11.3 Å². The number of carbonyl (C=O) groups is 2.